The Hall–Kier alpha value is -3.44. The smallest absolute Gasteiger partial charge is 0.338 e. The molecule has 0 bridgehead atoms. The van der Waals surface area contributed by atoms with Gasteiger partial charge in [-0.3, -0.25) is 4.79 Å². The van der Waals surface area contributed by atoms with Crippen molar-refractivity contribution >= 4 is 51.4 Å². The molecule has 3 rings (SSSR count). The number of amides is 1. The van der Waals surface area contributed by atoms with Crippen molar-refractivity contribution in [3.63, 3.8) is 0 Å². The Labute approximate surface area is 217 Å². The van der Waals surface area contributed by atoms with Crippen LogP contribution in [0.1, 0.15) is 31.0 Å². The van der Waals surface area contributed by atoms with Crippen molar-refractivity contribution in [2.45, 2.75) is 19.9 Å². The zero-order valence-corrected chi connectivity index (χ0v) is 21.8. The molecule has 0 radical (unpaired) electrons. The highest BCUT2D eigenvalue weighted by molar-refractivity contribution is 9.10. The minimum absolute atomic E-state index is 0.234. The van der Waals surface area contributed by atoms with Crippen molar-refractivity contribution in [1.29, 1.82) is 0 Å². The van der Waals surface area contributed by atoms with Gasteiger partial charge in [0.2, 0.25) is 0 Å². The third kappa shape index (κ3) is 6.80. The predicted octanol–water partition coefficient (Wildman–Crippen LogP) is 3.34. The Bertz CT molecular complexity index is 1180. The van der Waals surface area contributed by atoms with E-state index in [0.29, 0.717) is 39.0 Å². The van der Waals surface area contributed by atoms with Gasteiger partial charge >= 0.3 is 5.97 Å². The number of para-hydroxylation sites is 1. The molecule has 184 valence electrons. The van der Waals surface area contributed by atoms with E-state index in [1.807, 2.05) is 18.2 Å². The number of hydrogen-bond donors (Lipinski definition) is 3. The van der Waals surface area contributed by atoms with E-state index in [1.54, 1.807) is 45.2 Å². The summed E-state index contributed by atoms with van der Waals surface area (Å²) in [6, 6.07) is 11.9. The first-order valence-electron chi connectivity index (χ1n) is 10.7. The second-order valence-corrected chi connectivity index (χ2v) is 8.62. The van der Waals surface area contributed by atoms with Gasteiger partial charge in [-0.2, -0.15) is 5.10 Å². The van der Waals surface area contributed by atoms with Crippen molar-refractivity contribution < 1.29 is 23.8 Å². The summed E-state index contributed by atoms with van der Waals surface area (Å²) in [6.45, 7) is 3.43. The van der Waals surface area contributed by atoms with Crippen LogP contribution in [-0.4, -0.2) is 43.5 Å². The van der Waals surface area contributed by atoms with Crippen molar-refractivity contribution in [3.05, 3.63) is 69.3 Å². The first kappa shape index (κ1) is 26.2. The van der Waals surface area contributed by atoms with Gasteiger partial charge in [0.15, 0.2) is 11.7 Å². The van der Waals surface area contributed by atoms with Gasteiger partial charge in [0, 0.05) is 21.3 Å². The molecule has 11 heteroatoms. The van der Waals surface area contributed by atoms with Gasteiger partial charge in [0.05, 0.1) is 31.5 Å². The molecule has 1 aliphatic rings. The van der Waals surface area contributed by atoms with E-state index in [0.717, 1.165) is 4.47 Å². The first-order chi connectivity index (χ1) is 16.8. The number of carbonyl (C=O) groups excluding carboxylic acids is 2. The zero-order valence-electron chi connectivity index (χ0n) is 19.4. The van der Waals surface area contributed by atoms with Crippen LogP contribution in [0.3, 0.4) is 0 Å². The van der Waals surface area contributed by atoms with Crippen LogP contribution >= 0.6 is 28.1 Å². The van der Waals surface area contributed by atoms with Gasteiger partial charge in [-0.25, -0.2) is 10.2 Å². The molecule has 35 heavy (non-hydrogen) atoms. The van der Waals surface area contributed by atoms with Crippen molar-refractivity contribution in [1.82, 2.24) is 16.1 Å². The summed E-state index contributed by atoms with van der Waals surface area (Å²) in [6.07, 6.45) is 1.48. The molecule has 0 spiro atoms. The summed E-state index contributed by atoms with van der Waals surface area (Å²) in [7, 11) is 1.55. The fourth-order valence-corrected chi connectivity index (χ4v) is 4.06. The lowest BCUT2D eigenvalue weighted by Gasteiger charge is -2.30. The van der Waals surface area contributed by atoms with Crippen LogP contribution in [0.4, 0.5) is 0 Å². The van der Waals surface area contributed by atoms with Gasteiger partial charge in [0.25, 0.3) is 5.91 Å². The number of rotatable bonds is 9. The molecule has 0 unspecified atom stereocenters. The molecule has 1 atom stereocenters. The van der Waals surface area contributed by atoms with Crippen LogP contribution < -0.4 is 25.5 Å². The number of halogens is 1. The van der Waals surface area contributed by atoms with Crippen LogP contribution in [0.2, 0.25) is 0 Å². The maximum Gasteiger partial charge on any atom is 0.338 e. The summed E-state index contributed by atoms with van der Waals surface area (Å²) in [5.74, 6) is 0.0973. The number of thiocarbonyl (C=S) groups is 1. The lowest BCUT2D eigenvalue weighted by atomic mass is 9.95. The average molecular weight is 561 g/mol. The van der Waals surface area contributed by atoms with Crippen LogP contribution in [0, 0.1) is 0 Å². The normalized spacial score (nSPS) is 15.3. The number of allylic oxidation sites excluding steroid dienone is 1. The third-order valence-electron chi connectivity index (χ3n) is 4.94. The first-order valence-corrected chi connectivity index (χ1v) is 11.9. The molecule has 2 aromatic carbocycles. The number of carbonyl (C=O) groups is 2. The Morgan fingerprint density at radius 3 is 2.74 bits per heavy atom. The molecule has 0 saturated carbocycles. The van der Waals surface area contributed by atoms with Gasteiger partial charge in [-0.1, -0.05) is 34.1 Å². The minimum Gasteiger partial charge on any atom is -0.496 e. The highest BCUT2D eigenvalue weighted by Gasteiger charge is 2.32. The van der Waals surface area contributed by atoms with Gasteiger partial charge in [-0.15, -0.1) is 0 Å². The molecule has 1 aliphatic heterocycles. The molecule has 0 saturated heterocycles. The number of nitrogens with zero attached hydrogens (tertiary/aromatic N) is 1. The number of hydrazone groups is 1. The molecule has 1 amide bonds. The molecule has 0 aromatic heterocycles. The minimum atomic E-state index is -0.607. The summed E-state index contributed by atoms with van der Waals surface area (Å²) in [5.41, 5.74) is 4.73. The Kier molecular flexibility index (Phi) is 9.21. The molecule has 1 heterocycles. The lowest BCUT2D eigenvalue weighted by Crippen LogP contribution is -2.45. The molecule has 2 aromatic rings. The van der Waals surface area contributed by atoms with E-state index in [4.69, 9.17) is 26.4 Å². The Balaban J connectivity index is 1.72. The standard InChI is InChI=1S/C24H25BrN4O5S/c1-4-33-23(31)21-14(2)27-24(35)28-22(21)17-7-5-6-8-19(17)34-13-20(30)29-26-12-15-11-16(25)9-10-18(15)32-3/h5-12,22H,4,13H2,1-3H3,(H,29,30)(H2,27,28,35)/t22-/m1/s1. The van der Waals surface area contributed by atoms with E-state index in [-0.39, 0.29) is 13.2 Å². The van der Waals surface area contributed by atoms with Crippen molar-refractivity contribution in [3.8, 4) is 11.5 Å². The molecule has 9 nitrogen and oxygen atoms in total. The second-order valence-electron chi connectivity index (χ2n) is 7.30. The van der Waals surface area contributed by atoms with E-state index < -0.39 is 17.9 Å². The Morgan fingerprint density at radius 1 is 1.23 bits per heavy atom. The molecule has 0 aliphatic carbocycles. The topological polar surface area (TPSA) is 110 Å². The number of hydrogen-bond acceptors (Lipinski definition) is 7. The number of ether oxygens (including phenoxy) is 3. The maximum atomic E-state index is 12.6. The second kappa shape index (κ2) is 12.3. The summed E-state index contributed by atoms with van der Waals surface area (Å²) in [4.78, 5) is 25.0. The third-order valence-corrected chi connectivity index (χ3v) is 5.65. The molecule has 3 N–H and O–H groups in total. The summed E-state index contributed by atoms with van der Waals surface area (Å²) >= 11 is 8.68. The predicted molar refractivity (Wildman–Crippen MR) is 139 cm³/mol. The Morgan fingerprint density at radius 2 is 2.00 bits per heavy atom. The van der Waals surface area contributed by atoms with Crippen LogP contribution in [0.5, 0.6) is 11.5 Å². The highest BCUT2D eigenvalue weighted by atomic mass is 79.9. The fourth-order valence-electron chi connectivity index (χ4n) is 3.41. The van der Waals surface area contributed by atoms with Crippen molar-refractivity contribution in [2.24, 2.45) is 5.10 Å². The SMILES string of the molecule is CCOC(=O)C1=C(C)NC(=S)N[C@@H]1c1ccccc1OCC(=O)NN=Cc1cc(Br)ccc1OC. The molecule has 0 fully saturated rings. The number of esters is 1. The maximum absolute atomic E-state index is 12.6. The van der Waals surface area contributed by atoms with E-state index in [2.05, 4.69) is 37.1 Å². The van der Waals surface area contributed by atoms with Crippen molar-refractivity contribution in [2.75, 3.05) is 20.3 Å². The number of benzene rings is 2. The zero-order chi connectivity index (χ0) is 25.4. The lowest BCUT2D eigenvalue weighted by molar-refractivity contribution is -0.139. The fraction of sp³-hybridized carbons (Fsp3) is 0.250. The van der Waals surface area contributed by atoms with Gasteiger partial charge in [0.1, 0.15) is 11.5 Å². The quantitative estimate of drug-likeness (QED) is 0.185. The molecular weight excluding hydrogens is 536 g/mol. The van der Waals surface area contributed by atoms with Crippen LogP contribution in [0.25, 0.3) is 0 Å². The number of nitrogens with one attached hydrogen (secondary N) is 3. The summed E-state index contributed by atoms with van der Waals surface area (Å²) in [5, 5.41) is 10.4. The van der Waals surface area contributed by atoms with Crippen LogP contribution in [-0.2, 0) is 14.3 Å². The average Bonchev–Trinajstić information content (AvgIpc) is 2.82. The number of methoxy groups -OCH3 is 1. The van der Waals surface area contributed by atoms with E-state index in [9.17, 15) is 9.59 Å². The van der Waals surface area contributed by atoms with Gasteiger partial charge < -0.3 is 24.8 Å². The van der Waals surface area contributed by atoms with E-state index in [1.165, 1.54) is 6.21 Å². The van der Waals surface area contributed by atoms with Crippen LogP contribution in [0.15, 0.2) is 63.3 Å². The monoisotopic (exact) mass is 560 g/mol. The molecular formula is C24H25BrN4O5S. The highest BCUT2D eigenvalue weighted by Crippen LogP contribution is 2.33. The summed E-state index contributed by atoms with van der Waals surface area (Å²) < 4.78 is 17.1. The van der Waals surface area contributed by atoms with E-state index >= 15 is 0 Å². The van der Waals surface area contributed by atoms with Gasteiger partial charge in [-0.05, 0) is 50.3 Å². The largest absolute Gasteiger partial charge is 0.496 e.